The number of carbonyl (C=O) groups excluding carboxylic acids is 2. The van der Waals surface area contributed by atoms with Crippen LogP contribution in [0.25, 0.3) is 21.7 Å². The smallest absolute Gasteiger partial charge is 0.545 e. The van der Waals surface area contributed by atoms with Crippen molar-refractivity contribution >= 4 is 33.7 Å². The summed E-state index contributed by atoms with van der Waals surface area (Å²) in [4.78, 5) is 24.8. The number of carboxylic acid groups (broad SMARTS) is 2. The summed E-state index contributed by atoms with van der Waals surface area (Å²) in [5, 5.41) is 26.5. The molecule has 4 N–H and O–H groups in total. The van der Waals surface area contributed by atoms with Crippen molar-refractivity contribution in [2.75, 3.05) is 0 Å². The molecule has 7 nitrogen and oxygen atoms in total. The topological polar surface area (TPSA) is 140 Å². The number of aromatic carboxylic acids is 1. The van der Waals surface area contributed by atoms with Gasteiger partial charge in [-0.1, -0.05) is 93.6 Å². The Morgan fingerprint density at radius 2 is 1.30 bits per heavy atom. The first kappa shape index (κ1) is 33.7. The fourth-order valence-electron chi connectivity index (χ4n) is 4.03. The van der Waals surface area contributed by atoms with Crippen molar-refractivity contribution in [3.8, 4) is 0 Å². The summed E-state index contributed by atoms with van der Waals surface area (Å²) in [6.07, 6.45) is 1.51. The number of amides is 1. The van der Waals surface area contributed by atoms with E-state index in [2.05, 4.69) is 61.4 Å². The number of aromatic nitrogens is 1. The average Bonchev–Trinajstić information content (AvgIpc) is 2.78. The molecule has 0 saturated carbocycles. The van der Waals surface area contributed by atoms with E-state index < -0.39 is 17.6 Å². The van der Waals surface area contributed by atoms with Crippen LogP contribution in [0.2, 0.25) is 0 Å². The molecule has 0 radical (unpaired) electrons. The van der Waals surface area contributed by atoms with Crippen LogP contribution in [0, 0.1) is 5.41 Å². The normalized spacial score (nSPS) is 10.4. The second kappa shape index (κ2) is 15.1. The number of hydrogen-bond acceptors (Lipinski definition) is 6. The number of nitrogens with one attached hydrogen (secondary N) is 1. The van der Waals surface area contributed by atoms with E-state index in [0.29, 0.717) is 0 Å². The maximum absolute atomic E-state index is 10.3. The van der Waals surface area contributed by atoms with Crippen LogP contribution in [0.15, 0.2) is 85.1 Å². The Kier molecular flexibility index (Phi) is 13.7. The van der Waals surface area contributed by atoms with Gasteiger partial charge in [-0.05, 0) is 42.7 Å². The Balaban J connectivity index is 0.000000525. The van der Waals surface area contributed by atoms with E-state index >= 15 is 0 Å². The summed E-state index contributed by atoms with van der Waals surface area (Å²) in [6, 6.07) is 24.6. The molecule has 4 aromatic rings. The van der Waals surface area contributed by atoms with Crippen molar-refractivity contribution in [3.63, 3.8) is 0 Å². The third kappa shape index (κ3) is 12.0. The van der Waals surface area contributed by atoms with Gasteiger partial charge in [0, 0.05) is 22.5 Å². The molecule has 0 unspecified atom stereocenters. The molecule has 37 heavy (non-hydrogen) atoms. The van der Waals surface area contributed by atoms with E-state index in [9.17, 15) is 19.8 Å². The zero-order valence-electron chi connectivity index (χ0n) is 21.9. The Hall–Kier alpha value is -3.28. The van der Waals surface area contributed by atoms with Crippen molar-refractivity contribution in [2.24, 2.45) is 5.41 Å². The van der Waals surface area contributed by atoms with Crippen LogP contribution >= 0.6 is 0 Å². The summed E-state index contributed by atoms with van der Waals surface area (Å²) < 4.78 is 0. The molecule has 0 saturated heterocycles. The summed E-state index contributed by atoms with van der Waals surface area (Å²) in [6.45, 7) is 9.94. The predicted octanol–water partition coefficient (Wildman–Crippen LogP) is 4.73. The Morgan fingerprint density at radius 3 is 1.81 bits per heavy atom. The van der Waals surface area contributed by atoms with Crippen LogP contribution in [-0.2, 0) is 21.1 Å². The van der Waals surface area contributed by atoms with Crippen molar-refractivity contribution in [1.82, 2.24) is 16.5 Å². The fraction of sp³-hybridized carbons (Fsp3) is 0.276. The van der Waals surface area contributed by atoms with Gasteiger partial charge in [0.25, 0.3) is 0 Å². The van der Waals surface area contributed by atoms with Crippen molar-refractivity contribution < 1.29 is 40.9 Å². The molecular weight excluding hydrogens is 649 g/mol. The van der Waals surface area contributed by atoms with E-state index in [4.69, 9.17) is 0 Å². The maximum Gasteiger partial charge on any atom is 2.00 e. The Morgan fingerprint density at radius 1 is 0.784 bits per heavy atom. The van der Waals surface area contributed by atoms with Crippen LogP contribution in [-0.4, -0.2) is 22.6 Å². The molecule has 0 aliphatic carbocycles. The second-order valence-corrected chi connectivity index (χ2v) is 10.0. The first-order valence-corrected chi connectivity index (χ1v) is 11.4. The van der Waals surface area contributed by atoms with Gasteiger partial charge in [0.05, 0.1) is 11.5 Å². The number of carboxylic acids is 1. The molecule has 0 aliphatic rings. The van der Waals surface area contributed by atoms with Gasteiger partial charge in [-0.15, -0.1) is 0 Å². The number of rotatable bonds is 3. The zero-order valence-corrected chi connectivity index (χ0v) is 24.2. The van der Waals surface area contributed by atoms with Gasteiger partial charge in [-0.25, -0.2) is 0 Å². The average molecular weight is 685 g/mol. The zero-order chi connectivity index (χ0) is 26.1. The van der Waals surface area contributed by atoms with Crippen molar-refractivity contribution in [2.45, 2.75) is 46.6 Å². The third-order valence-corrected chi connectivity index (χ3v) is 4.92. The van der Waals surface area contributed by atoms with Gasteiger partial charge in [-0.3, -0.25) is 4.98 Å². The van der Waals surface area contributed by atoms with Crippen LogP contribution in [0.5, 0.6) is 0 Å². The van der Waals surface area contributed by atoms with Crippen LogP contribution in [0.3, 0.4) is 0 Å². The number of pyridine rings is 1. The number of nitrogens with zero attached hydrogens (tertiary/aromatic N) is 1. The first-order valence-electron chi connectivity index (χ1n) is 11.4. The monoisotopic (exact) mass is 684 g/mol. The number of hydrogen-bond donors (Lipinski definition) is 2. The Bertz CT molecular complexity index is 1220. The molecule has 1 amide bonds. The second-order valence-electron chi connectivity index (χ2n) is 10.0. The predicted molar refractivity (Wildman–Crippen MR) is 142 cm³/mol. The van der Waals surface area contributed by atoms with Crippen molar-refractivity contribution in [3.05, 3.63) is 90.6 Å². The maximum atomic E-state index is 10.3. The summed E-state index contributed by atoms with van der Waals surface area (Å²) in [5.74, 6) is -1.13. The van der Waals surface area contributed by atoms with Crippen LogP contribution < -0.4 is 21.7 Å². The van der Waals surface area contributed by atoms with Crippen LogP contribution in [0.4, 0.5) is 4.79 Å². The van der Waals surface area contributed by atoms with E-state index in [1.54, 1.807) is 18.2 Å². The molecular formula is C29H35N3O4Pt. The van der Waals surface area contributed by atoms with E-state index in [1.807, 2.05) is 38.2 Å². The van der Waals surface area contributed by atoms with Gasteiger partial charge < -0.3 is 31.3 Å². The van der Waals surface area contributed by atoms with E-state index in [-0.39, 0.29) is 38.2 Å². The molecule has 0 fully saturated rings. The van der Waals surface area contributed by atoms with Crippen molar-refractivity contribution in [1.29, 1.82) is 0 Å². The fourth-order valence-corrected chi connectivity index (χ4v) is 4.03. The van der Waals surface area contributed by atoms with Gasteiger partial charge in [0.1, 0.15) is 6.09 Å². The van der Waals surface area contributed by atoms with Gasteiger partial charge in [0.15, 0.2) is 0 Å². The largest absolute Gasteiger partial charge is 2.00 e. The molecule has 0 spiro atoms. The molecule has 3 aromatic carbocycles. The molecule has 8 heteroatoms. The standard InChI is InChI=1S/C13H9N.C9H19NO2.C7H6O2.H3N.Pt/c1-2-6-11-10(5-1)9-14-13-8-4-3-7-12(11)13;1-8(2,3)6-9(4,5)10-7(11)12;8-7(9)6-4-2-1-3-5-6;;/h1-9H;10H,6H2,1-5H3,(H,11,12);1-5H,(H,8,9);1H3;/q;;;;+2/p-2. The Labute approximate surface area is 233 Å². The van der Waals surface area contributed by atoms with E-state index in [1.165, 1.54) is 28.3 Å². The molecule has 1 heterocycles. The molecule has 0 atom stereocenters. The number of para-hydroxylation sites is 1. The van der Waals surface area contributed by atoms with Gasteiger partial charge in [0.2, 0.25) is 0 Å². The third-order valence-electron chi connectivity index (χ3n) is 4.92. The molecule has 0 aliphatic heterocycles. The van der Waals surface area contributed by atoms with Crippen LogP contribution in [0.1, 0.15) is 51.4 Å². The number of carbonyl (C=O) groups is 2. The number of fused-ring (bicyclic) bond motifs is 3. The molecule has 0 bridgehead atoms. The van der Waals surface area contributed by atoms with E-state index in [0.717, 1.165) is 11.9 Å². The summed E-state index contributed by atoms with van der Waals surface area (Å²) >= 11 is 0. The van der Waals surface area contributed by atoms with Gasteiger partial charge in [-0.2, -0.15) is 0 Å². The van der Waals surface area contributed by atoms with Gasteiger partial charge >= 0.3 is 21.1 Å². The molecule has 1 aromatic heterocycles. The SMILES string of the molecule is CC(C)(C)CC(C)(C)NC(=O)[O-].N.O=C([O-])c1ccccc1.[Pt+2].c1ccc2c(c1)cnc1ccccc12. The number of benzene rings is 3. The molecule has 4 rings (SSSR count). The summed E-state index contributed by atoms with van der Waals surface area (Å²) in [7, 11) is 0. The minimum absolute atomic E-state index is 0. The quantitative estimate of drug-likeness (QED) is 0.299. The minimum atomic E-state index is -1.20. The minimum Gasteiger partial charge on any atom is -0.545 e. The molecule has 200 valence electrons. The first-order chi connectivity index (χ1) is 16.4. The summed E-state index contributed by atoms with van der Waals surface area (Å²) in [5.41, 5.74) is 0.993.